The number of rotatable bonds is 6. The Morgan fingerprint density at radius 1 is 1.24 bits per heavy atom. The Balaban J connectivity index is 1.97. The van der Waals surface area contributed by atoms with Crippen LogP contribution in [0.4, 0.5) is 5.69 Å². The molecule has 0 atom stereocenters. The van der Waals surface area contributed by atoms with Crippen molar-refractivity contribution in [1.29, 1.82) is 0 Å². The van der Waals surface area contributed by atoms with Gasteiger partial charge < -0.3 is 15.5 Å². The molecular formula is C20H32N4O. The predicted octanol–water partition coefficient (Wildman–Crippen LogP) is 3.62. The number of anilines is 1. The molecule has 0 radical (unpaired) electrons. The molecule has 0 saturated carbocycles. The molecule has 0 bridgehead atoms. The molecular weight excluding hydrogens is 312 g/mol. The number of hydrogen-bond acceptors (Lipinski definition) is 2. The lowest BCUT2D eigenvalue weighted by molar-refractivity contribution is -0.116. The van der Waals surface area contributed by atoms with E-state index in [1.165, 1.54) is 6.42 Å². The minimum Gasteiger partial charge on any atom is -0.357 e. The number of guanidine groups is 1. The molecule has 2 rings (SSSR count). The topological polar surface area (TPSA) is 56.7 Å². The Labute approximate surface area is 151 Å². The fraction of sp³-hybridized carbons (Fsp3) is 0.600. The first-order valence-electron chi connectivity index (χ1n) is 9.35. The van der Waals surface area contributed by atoms with E-state index in [9.17, 15) is 4.79 Å². The zero-order chi connectivity index (χ0) is 18.3. The van der Waals surface area contributed by atoms with Crippen LogP contribution in [0.2, 0.25) is 0 Å². The molecule has 5 nitrogen and oxygen atoms in total. The molecule has 1 aromatic rings. The Hall–Kier alpha value is -2.04. The van der Waals surface area contributed by atoms with Crippen molar-refractivity contribution in [1.82, 2.24) is 10.2 Å². The number of carbonyl (C=O) groups excluding carboxylic acids is 1. The molecule has 1 aliphatic rings. The maximum atomic E-state index is 11.6. The number of likely N-dealkylation sites (tertiary alicyclic amines) is 1. The highest BCUT2D eigenvalue weighted by Crippen LogP contribution is 2.28. The molecule has 2 N–H and O–H groups in total. The van der Waals surface area contributed by atoms with E-state index >= 15 is 0 Å². The van der Waals surface area contributed by atoms with Gasteiger partial charge in [0.05, 0.1) is 6.54 Å². The van der Waals surface area contributed by atoms with E-state index in [1.54, 1.807) is 0 Å². The van der Waals surface area contributed by atoms with Crippen molar-refractivity contribution < 1.29 is 4.79 Å². The van der Waals surface area contributed by atoms with Crippen molar-refractivity contribution in [3.05, 3.63) is 29.8 Å². The maximum absolute atomic E-state index is 11.6. The van der Waals surface area contributed by atoms with Crippen molar-refractivity contribution >= 4 is 17.6 Å². The second-order valence-electron chi connectivity index (χ2n) is 7.50. The maximum Gasteiger partial charge on any atom is 0.224 e. The molecule has 1 fully saturated rings. The van der Waals surface area contributed by atoms with E-state index in [1.807, 2.05) is 31.2 Å². The van der Waals surface area contributed by atoms with Crippen LogP contribution in [-0.4, -0.2) is 36.4 Å². The van der Waals surface area contributed by atoms with Crippen LogP contribution in [0.3, 0.4) is 0 Å². The summed E-state index contributed by atoms with van der Waals surface area (Å²) in [5.74, 6) is 1.06. The van der Waals surface area contributed by atoms with Gasteiger partial charge in [-0.1, -0.05) is 32.9 Å². The number of hydrogen-bond donors (Lipinski definition) is 2. The summed E-state index contributed by atoms with van der Waals surface area (Å²) in [4.78, 5) is 18.8. The number of benzene rings is 1. The summed E-state index contributed by atoms with van der Waals surface area (Å²) in [6.07, 6.45) is 2.62. The van der Waals surface area contributed by atoms with Gasteiger partial charge in [0.25, 0.3) is 0 Å². The van der Waals surface area contributed by atoms with Gasteiger partial charge in [0.15, 0.2) is 5.96 Å². The monoisotopic (exact) mass is 344 g/mol. The van der Waals surface area contributed by atoms with E-state index in [2.05, 4.69) is 36.3 Å². The number of nitrogens with one attached hydrogen (secondary N) is 2. The second-order valence-corrected chi connectivity index (χ2v) is 7.50. The van der Waals surface area contributed by atoms with Gasteiger partial charge in [-0.2, -0.15) is 0 Å². The number of amides is 1. The third kappa shape index (κ3) is 6.07. The van der Waals surface area contributed by atoms with Gasteiger partial charge in [-0.3, -0.25) is 4.79 Å². The van der Waals surface area contributed by atoms with E-state index in [-0.39, 0.29) is 5.91 Å². The Bertz CT molecular complexity index is 592. The zero-order valence-electron chi connectivity index (χ0n) is 16.1. The van der Waals surface area contributed by atoms with Crippen molar-refractivity contribution in [3.63, 3.8) is 0 Å². The summed E-state index contributed by atoms with van der Waals surface area (Å²) in [6, 6.07) is 7.96. The van der Waals surface area contributed by atoms with Gasteiger partial charge in [0, 0.05) is 31.7 Å². The lowest BCUT2D eigenvalue weighted by Gasteiger charge is -2.23. The van der Waals surface area contributed by atoms with Crippen LogP contribution in [0, 0.1) is 5.41 Å². The second kappa shape index (κ2) is 8.88. The Morgan fingerprint density at radius 2 is 1.96 bits per heavy atom. The van der Waals surface area contributed by atoms with Crippen LogP contribution in [0.25, 0.3) is 0 Å². The van der Waals surface area contributed by atoms with Crippen molar-refractivity contribution in [3.8, 4) is 0 Å². The van der Waals surface area contributed by atoms with Gasteiger partial charge in [0.1, 0.15) is 0 Å². The SMILES string of the molecule is CCCC(=O)Nc1ccc(CN=C(NCC)N2CCC(C)(C)C2)cc1. The van der Waals surface area contributed by atoms with E-state index in [0.29, 0.717) is 18.4 Å². The highest BCUT2D eigenvalue weighted by molar-refractivity contribution is 5.90. The van der Waals surface area contributed by atoms with Crippen molar-refractivity contribution in [2.45, 2.75) is 53.5 Å². The fourth-order valence-electron chi connectivity index (χ4n) is 3.03. The number of nitrogens with zero attached hydrogens (tertiary/aromatic N) is 2. The van der Waals surface area contributed by atoms with Gasteiger partial charge in [0.2, 0.25) is 5.91 Å². The van der Waals surface area contributed by atoms with Gasteiger partial charge in [-0.15, -0.1) is 0 Å². The molecule has 0 spiro atoms. The largest absolute Gasteiger partial charge is 0.357 e. The first-order chi connectivity index (χ1) is 11.9. The van der Waals surface area contributed by atoms with Gasteiger partial charge >= 0.3 is 0 Å². The molecule has 1 aliphatic heterocycles. The van der Waals surface area contributed by atoms with Crippen molar-refractivity contribution in [2.75, 3.05) is 25.0 Å². The first kappa shape index (κ1) is 19.3. The summed E-state index contributed by atoms with van der Waals surface area (Å²) < 4.78 is 0. The molecule has 0 unspecified atom stereocenters. The smallest absolute Gasteiger partial charge is 0.224 e. The van der Waals surface area contributed by atoms with E-state index in [4.69, 9.17) is 4.99 Å². The highest BCUT2D eigenvalue weighted by atomic mass is 16.1. The summed E-state index contributed by atoms with van der Waals surface area (Å²) in [5, 5.41) is 6.32. The quantitative estimate of drug-likeness (QED) is 0.612. The minimum atomic E-state index is 0.0688. The standard InChI is InChI=1S/C20H32N4O/c1-5-7-18(25)23-17-10-8-16(9-11-17)14-22-19(21-6-2)24-13-12-20(3,4)15-24/h8-11H,5-7,12-15H2,1-4H3,(H,21,22)(H,23,25). The van der Waals surface area contributed by atoms with E-state index < -0.39 is 0 Å². The average molecular weight is 345 g/mol. The van der Waals surface area contributed by atoms with Gasteiger partial charge in [-0.05, 0) is 42.9 Å². The van der Waals surface area contributed by atoms with Crippen LogP contribution >= 0.6 is 0 Å². The third-order valence-electron chi connectivity index (χ3n) is 4.44. The average Bonchev–Trinajstić information content (AvgIpc) is 2.93. The molecule has 1 heterocycles. The van der Waals surface area contributed by atoms with Crippen LogP contribution in [0.5, 0.6) is 0 Å². The Morgan fingerprint density at radius 3 is 2.52 bits per heavy atom. The lowest BCUT2D eigenvalue weighted by Crippen LogP contribution is -2.40. The van der Waals surface area contributed by atoms with Crippen LogP contribution in [0.1, 0.15) is 52.5 Å². The molecule has 1 aromatic carbocycles. The summed E-state index contributed by atoms with van der Waals surface area (Å²) in [5.41, 5.74) is 2.34. The lowest BCUT2D eigenvalue weighted by atomic mass is 9.93. The Kier molecular flexibility index (Phi) is 6.85. The van der Waals surface area contributed by atoms with Crippen molar-refractivity contribution in [2.24, 2.45) is 10.4 Å². The molecule has 5 heteroatoms. The fourth-order valence-corrected chi connectivity index (χ4v) is 3.03. The van der Waals surface area contributed by atoms with Crippen LogP contribution in [0.15, 0.2) is 29.3 Å². The first-order valence-corrected chi connectivity index (χ1v) is 9.35. The molecule has 138 valence electrons. The predicted molar refractivity (Wildman–Crippen MR) is 105 cm³/mol. The third-order valence-corrected chi connectivity index (χ3v) is 4.44. The molecule has 1 saturated heterocycles. The van der Waals surface area contributed by atoms with Crippen LogP contribution < -0.4 is 10.6 Å². The normalized spacial score (nSPS) is 16.8. The molecule has 25 heavy (non-hydrogen) atoms. The minimum absolute atomic E-state index is 0.0688. The van der Waals surface area contributed by atoms with Gasteiger partial charge in [-0.25, -0.2) is 4.99 Å². The molecule has 0 aromatic heterocycles. The summed E-state index contributed by atoms with van der Waals surface area (Å²) in [7, 11) is 0. The number of carbonyl (C=O) groups is 1. The molecule has 0 aliphatic carbocycles. The van der Waals surface area contributed by atoms with Crippen LogP contribution in [-0.2, 0) is 11.3 Å². The highest BCUT2D eigenvalue weighted by Gasteiger charge is 2.30. The number of aliphatic imine (C=N–C) groups is 1. The summed E-state index contributed by atoms with van der Waals surface area (Å²) >= 11 is 0. The van der Waals surface area contributed by atoms with E-state index in [0.717, 1.165) is 43.3 Å². The molecule has 1 amide bonds. The summed E-state index contributed by atoms with van der Waals surface area (Å²) in [6.45, 7) is 12.3. The zero-order valence-corrected chi connectivity index (χ0v) is 16.1.